The van der Waals surface area contributed by atoms with E-state index in [4.69, 9.17) is 9.84 Å². The molecule has 0 saturated carbocycles. The minimum atomic E-state index is -0.124. The van der Waals surface area contributed by atoms with Crippen LogP contribution < -0.4 is 10.1 Å². The highest BCUT2D eigenvalue weighted by molar-refractivity contribution is 5.95. The lowest BCUT2D eigenvalue weighted by atomic mass is 10.00. The van der Waals surface area contributed by atoms with Crippen LogP contribution in [-0.2, 0) is 4.79 Å². The van der Waals surface area contributed by atoms with E-state index in [1.807, 2.05) is 32.3 Å². The number of fused-ring (bicyclic) bond motifs is 1. The van der Waals surface area contributed by atoms with Gasteiger partial charge in [0.15, 0.2) is 6.61 Å². The molecule has 0 spiro atoms. The van der Waals surface area contributed by atoms with Gasteiger partial charge in [-0.2, -0.15) is 0 Å². The molecule has 0 aliphatic carbocycles. The van der Waals surface area contributed by atoms with Crippen molar-refractivity contribution in [3.8, 4) is 5.75 Å². The molecule has 1 amide bonds. The third-order valence-electron chi connectivity index (χ3n) is 3.28. The van der Waals surface area contributed by atoms with Crippen molar-refractivity contribution in [2.45, 2.75) is 18.9 Å². The SMILES string of the molecule is CN(C)C(CCCO)c1ccc2c(c1)NC(=O)CO2. The molecule has 5 nitrogen and oxygen atoms in total. The van der Waals surface area contributed by atoms with E-state index in [1.165, 1.54) is 0 Å². The molecular formula is C14H20N2O3. The van der Waals surface area contributed by atoms with Crippen LogP contribution in [0, 0.1) is 0 Å². The maximum atomic E-state index is 11.3. The second kappa shape index (κ2) is 6.04. The average Bonchev–Trinajstić information content (AvgIpc) is 2.38. The second-order valence-electron chi connectivity index (χ2n) is 4.94. The first-order valence-corrected chi connectivity index (χ1v) is 6.45. The smallest absolute Gasteiger partial charge is 0.262 e. The van der Waals surface area contributed by atoms with Crippen LogP contribution in [-0.4, -0.2) is 43.2 Å². The van der Waals surface area contributed by atoms with Crippen molar-refractivity contribution in [2.75, 3.05) is 32.6 Å². The van der Waals surface area contributed by atoms with Crippen LogP contribution in [0.1, 0.15) is 24.4 Å². The molecule has 0 aromatic heterocycles. The minimum absolute atomic E-state index is 0.0773. The number of aliphatic hydroxyl groups excluding tert-OH is 1. The summed E-state index contributed by atoms with van der Waals surface area (Å²) in [7, 11) is 4.02. The van der Waals surface area contributed by atoms with Gasteiger partial charge in [-0.15, -0.1) is 0 Å². The van der Waals surface area contributed by atoms with Gasteiger partial charge in [-0.05, 0) is 44.6 Å². The molecule has 0 fully saturated rings. The largest absolute Gasteiger partial charge is 0.482 e. The molecule has 104 valence electrons. The van der Waals surface area contributed by atoms with Gasteiger partial charge >= 0.3 is 0 Å². The number of nitrogens with zero attached hydrogens (tertiary/aromatic N) is 1. The first-order valence-electron chi connectivity index (χ1n) is 6.45. The lowest BCUT2D eigenvalue weighted by Crippen LogP contribution is -2.26. The van der Waals surface area contributed by atoms with Gasteiger partial charge in [0.1, 0.15) is 5.75 Å². The van der Waals surface area contributed by atoms with Crippen molar-refractivity contribution in [3.05, 3.63) is 23.8 Å². The molecule has 2 N–H and O–H groups in total. The fourth-order valence-electron chi connectivity index (χ4n) is 2.32. The standard InChI is InChI=1S/C14H20N2O3/c1-16(2)12(4-3-7-17)10-5-6-13-11(8-10)15-14(18)9-19-13/h5-6,8,12,17H,3-4,7,9H2,1-2H3,(H,15,18). The van der Waals surface area contributed by atoms with Crippen molar-refractivity contribution in [3.63, 3.8) is 0 Å². The quantitative estimate of drug-likeness (QED) is 0.843. The molecular weight excluding hydrogens is 244 g/mol. The number of rotatable bonds is 5. The van der Waals surface area contributed by atoms with Gasteiger partial charge in [0.05, 0.1) is 5.69 Å². The molecule has 1 aromatic rings. The number of carbonyl (C=O) groups excluding carboxylic acids is 1. The van der Waals surface area contributed by atoms with Crippen LogP contribution in [0.2, 0.25) is 0 Å². The highest BCUT2D eigenvalue weighted by atomic mass is 16.5. The lowest BCUT2D eigenvalue weighted by Gasteiger charge is -2.26. The minimum Gasteiger partial charge on any atom is -0.482 e. The summed E-state index contributed by atoms with van der Waals surface area (Å²) in [5, 5.41) is 11.8. The summed E-state index contributed by atoms with van der Waals surface area (Å²) in [6, 6.07) is 6.07. The summed E-state index contributed by atoms with van der Waals surface area (Å²) < 4.78 is 5.35. The van der Waals surface area contributed by atoms with E-state index >= 15 is 0 Å². The Kier molecular flexibility index (Phi) is 4.39. The Bertz CT molecular complexity index is 460. The monoisotopic (exact) mass is 264 g/mol. The maximum Gasteiger partial charge on any atom is 0.262 e. The molecule has 1 aliphatic heterocycles. The third kappa shape index (κ3) is 3.24. The van der Waals surface area contributed by atoms with Crippen molar-refractivity contribution >= 4 is 11.6 Å². The summed E-state index contributed by atoms with van der Waals surface area (Å²) in [5.74, 6) is 0.587. The molecule has 1 atom stereocenters. The van der Waals surface area contributed by atoms with Crippen LogP contribution in [0.3, 0.4) is 0 Å². The molecule has 0 bridgehead atoms. The molecule has 19 heavy (non-hydrogen) atoms. The number of benzene rings is 1. The van der Waals surface area contributed by atoms with Gasteiger partial charge in [-0.25, -0.2) is 0 Å². The molecule has 5 heteroatoms. The van der Waals surface area contributed by atoms with E-state index < -0.39 is 0 Å². The van der Waals surface area contributed by atoms with Gasteiger partial charge in [0.25, 0.3) is 5.91 Å². The first kappa shape index (κ1) is 13.8. The van der Waals surface area contributed by atoms with E-state index in [1.54, 1.807) is 0 Å². The zero-order valence-electron chi connectivity index (χ0n) is 11.3. The second-order valence-corrected chi connectivity index (χ2v) is 4.94. The number of anilines is 1. The number of ether oxygens (including phenoxy) is 1. The molecule has 1 aromatic carbocycles. The predicted octanol–water partition coefficient (Wildman–Crippen LogP) is 1.39. The summed E-state index contributed by atoms with van der Waals surface area (Å²) in [4.78, 5) is 13.4. The summed E-state index contributed by atoms with van der Waals surface area (Å²) in [6.45, 7) is 0.267. The molecule has 1 heterocycles. The van der Waals surface area contributed by atoms with Crippen LogP contribution in [0.5, 0.6) is 5.75 Å². The molecule has 1 unspecified atom stereocenters. The van der Waals surface area contributed by atoms with E-state index in [-0.39, 0.29) is 25.2 Å². The van der Waals surface area contributed by atoms with E-state index in [9.17, 15) is 4.79 Å². The van der Waals surface area contributed by atoms with E-state index in [0.717, 1.165) is 24.1 Å². The van der Waals surface area contributed by atoms with Crippen molar-refractivity contribution in [2.24, 2.45) is 0 Å². The Morgan fingerprint density at radius 2 is 2.26 bits per heavy atom. The lowest BCUT2D eigenvalue weighted by molar-refractivity contribution is -0.118. The number of carbonyl (C=O) groups is 1. The summed E-state index contributed by atoms with van der Waals surface area (Å²) in [5.41, 5.74) is 1.84. The highest BCUT2D eigenvalue weighted by Crippen LogP contribution is 2.33. The van der Waals surface area contributed by atoms with Crippen molar-refractivity contribution in [1.29, 1.82) is 0 Å². The Morgan fingerprint density at radius 1 is 1.47 bits per heavy atom. The third-order valence-corrected chi connectivity index (χ3v) is 3.28. The predicted molar refractivity (Wildman–Crippen MR) is 73.3 cm³/mol. The first-order chi connectivity index (χ1) is 9.11. The number of nitrogens with one attached hydrogen (secondary N) is 1. The molecule has 2 rings (SSSR count). The van der Waals surface area contributed by atoms with Gasteiger partial charge < -0.3 is 20.1 Å². The van der Waals surface area contributed by atoms with Crippen LogP contribution in [0.4, 0.5) is 5.69 Å². The zero-order chi connectivity index (χ0) is 13.8. The number of hydrogen-bond donors (Lipinski definition) is 2. The summed E-state index contributed by atoms with van der Waals surface area (Å²) >= 11 is 0. The normalized spacial score (nSPS) is 15.7. The van der Waals surface area contributed by atoms with Crippen molar-refractivity contribution < 1.29 is 14.6 Å². The summed E-state index contributed by atoms with van der Waals surface area (Å²) in [6.07, 6.45) is 1.62. The Hall–Kier alpha value is -1.59. The molecule has 1 aliphatic rings. The fraction of sp³-hybridized carbons (Fsp3) is 0.500. The van der Waals surface area contributed by atoms with Gasteiger partial charge in [0, 0.05) is 12.6 Å². The zero-order valence-corrected chi connectivity index (χ0v) is 11.3. The van der Waals surface area contributed by atoms with Crippen LogP contribution in [0.25, 0.3) is 0 Å². The Morgan fingerprint density at radius 3 is 2.95 bits per heavy atom. The van der Waals surface area contributed by atoms with E-state index in [0.29, 0.717) is 5.75 Å². The Balaban J connectivity index is 2.23. The molecule has 0 saturated heterocycles. The molecule has 0 radical (unpaired) electrons. The number of amides is 1. The highest BCUT2D eigenvalue weighted by Gasteiger charge is 2.19. The van der Waals surface area contributed by atoms with E-state index in [2.05, 4.69) is 10.2 Å². The van der Waals surface area contributed by atoms with Crippen molar-refractivity contribution in [1.82, 2.24) is 4.90 Å². The van der Waals surface area contributed by atoms with Crippen LogP contribution >= 0.6 is 0 Å². The number of hydrogen-bond acceptors (Lipinski definition) is 4. The van der Waals surface area contributed by atoms with Gasteiger partial charge in [0.2, 0.25) is 0 Å². The number of aliphatic hydroxyl groups is 1. The average molecular weight is 264 g/mol. The topological polar surface area (TPSA) is 61.8 Å². The Labute approximate surface area is 113 Å². The fourth-order valence-corrected chi connectivity index (χ4v) is 2.32. The maximum absolute atomic E-state index is 11.3. The van der Waals surface area contributed by atoms with Gasteiger partial charge in [-0.1, -0.05) is 6.07 Å². The van der Waals surface area contributed by atoms with Crippen LogP contribution in [0.15, 0.2) is 18.2 Å². The van der Waals surface area contributed by atoms with Gasteiger partial charge in [-0.3, -0.25) is 4.79 Å².